The highest BCUT2D eigenvalue weighted by Gasteiger charge is 2.38. The van der Waals surface area contributed by atoms with E-state index in [-0.39, 0.29) is 18.7 Å². The molecule has 0 spiro atoms. The summed E-state index contributed by atoms with van der Waals surface area (Å²) in [5.41, 5.74) is 12.5. The van der Waals surface area contributed by atoms with Gasteiger partial charge in [-0.2, -0.15) is 12.6 Å². The number of fused-ring (bicyclic) bond motifs is 1. The molecule has 4 unspecified atom stereocenters. The Bertz CT molecular complexity index is 1150. The van der Waals surface area contributed by atoms with E-state index in [1.165, 1.54) is 4.90 Å². The number of hydrogen-bond acceptors (Lipinski definition) is 7. The van der Waals surface area contributed by atoms with Crippen LogP contribution in [0.2, 0.25) is 0 Å². The number of nitrogens with one attached hydrogen (secondary N) is 3. The van der Waals surface area contributed by atoms with Crippen LogP contribution in [0.25, 0.3) is 10.9 Å². The monoisotopic (exact) mass is 518 g/mol. The number of carbonyl (C=O) groups is 5. The molecule has 36 heavy (non-hydrogen) atoms. The van der Waals surface area contributed by atoms with Crippen LogP contribution < -0.4 is 22.1 Å². The van der Waals surface area contributed by atoms with Crippen LogP contribution in [0.4, 0.5) is 0 Å². The summed E-state index contributed by atoms with van der Waals surface area (Å²) < 4.78 is 0. The summed E-state index contributed by atoms with van der Waals surface area (Å²) in [5, 5.41) is 15.4. The molecule has 0 bridgehead atoms. The van der Waals surface area contributed by atoms with Crippen LogP contribution in [0.1, 0.15) is 24.8 Å². The normalized spacial score (nSPS) is 17.8. The predicted molar refractivity (Wildman–Crippen MR) is 134 cm³/mol. The Balaban J connectivity index is 1.89. The Hall–Kier alpha value is -3.58. The number of aromatic nitrogens is 1. The molecule has 1 saturated heterocycles. The van der Waals surface area contributed by atoms with Crippen LogP contribution in [0.3, 0.4) is 0 Å². The zero-order valence-electron chi connectivity index (χ0n) is 19.5. The number of carboxylic acid groups (broad SMARTS) is 1. The van der Waals surface area contributed by atoms with Crippen LogP contribution in [0.5, 0.6) is 0 Å². The lowest BCUT2D eigenvalue weighted by molar-refractivity contribution is -0.149. The second-order valence-electron chi connectivity index (χ2n) is 8.67. The summed E-state index contributed by atoms with van der Waals surface area (Å²) >= 11 is 3.96. The SMILES string of the molecule is NC(=O)CC(NC(=O)C(N)CS)C(=O)NC(Cc1c[nH]c2ccccc12)C(=O)N1CCCC1C(=O)O. The van der Waals surface area contributed by atoms with Gasteiger partial charge in [-0.25, -0.2) is 4.79 Å². The summed E-state index contributed by atoms with van der Waals surface area (Å²) in [6, 6.07) is 2.82. The minimum atomic E-state index is -1.38. The van der Waals surface area contributed by atoms with Crippen LogP contribution in [-0.4, -0.2) is 81.1 Å². The Labute approximate surface area is 212 Å². The van der Waals surface area contributed by atoms with E-state index in [2.05, 4.69) is 28.2 Å². The fourth-order valence-electron chi connectivity index (χ4n) is 4.25. The molecule has 13 heteroatoms. The van der Waals surface area contributed by atoms with Crippen molar-refractivity contribution in [1.29, 1.82) is 0 Å². The van der Waals surface area contributed by atoms with E-state index in [1.54, 1.807) is 6.20 Å². The van der Waals surface area contributed by atoms with Crippen LogP contribution in [0.15, 0.2) is 30.5 Å². The third-order valence-electron chi connectivity index (χ3n) is 6.11. The largest absolute Gasteiger partial charge is 0.480 e. The first kappa shape index (κ1) is 27.0. The molecular formula is C23H30N6O6S. The first-order valence-electron chi connectivity index (χ1n) is 11.5. The molecule has 1 aromatic carbocycles. The molecule has 4 atom stereocenters. The average Bonchev–Trinajstić information content (AvgIpc) is 3.49. The van der Waals surface area contributed by atoms with Crippen LogP contribution >= 0.6 is 12.6 Å². The predicted octanol–water partition coefficient (Wildman–Crippen LogP) is -1.11. The van der Waals surface area contributed by atoms with Gasteiger partial charge in [0.25, 0.3) is 0 Å². The topological polar surface area (TPSA) is 201 Å². The minimum Gasteiger partial charge on any atom is -0.480 e. The van der Waals surface area contributed by atoms with Crippen molar-refractivity contribution in [3.05, 3.63) is 36.0 Å². The number of H-pyrrole nitrogens is 1. The van der Waals surface area contributed by atoms with Gasteiger partial charge in [0.2, 0.25) is 23.6 Å². The van der Waals surface area contributed by atoms with Crippen molar-refractivity contribution in [1.82, 2.24) is 20.5 Å². The highest BCUT2D eigenvalue weighted by Crippen LogP contribution is 2.23. The minimum absolute atomic E-state index is 0.00392. The van der Waals surface area contributed by atoms with E-state index in [0.717, 1.165) is 16.5 Å². The number of nitrogens with two attached hydrogens (primary N) is 2. The number of benzene rings is 1. The van der Waals surface area contributed by atoms with E-state index in [9.17, 15) is 29.1 Å². The molecule has 8 N–H and O–H groups in total. The maximum Gasteiger partial charge on any atom is 0.326 e. The number of carboxylic acids is 1. The molecule has 194 valence electrons. The number of primary amides is 1. The van der Waals surface area contributed by atoms with E-state index in [0.29, 0.717) is 12.8 Å². The van der Waals surface area contributed by atoms with Crippen molar-refractivity contribution in [3.8, 4) is 0 Å². The first-order chi connectivity index (χ1) is 17.1. The number of amides is 4. The Morgan fingerprint density at radius 2 is 1.83 bits per heavy atom. The van der Waals surface area contributed by atoms with Gasteiger partial charge in [0.05, 0.1) is 12.5 Å². The second kappa shape index (κ2) is 11.9. The number of likely N-dealkylation sites (tertiary alicyclic amines) is 1. The van der Waals surface area contributed by atoms with Gasteiger partial charge < -0.3 is 37.1 Å². The molecule has 2 heterocycles. The maximum absolute atomic E-state index is 13.5. The molecule has 3 rings (SSSR count). The molecule has 1 aromatic heterocycles. The molecule has 1 fully saturated rings. The van der Waals surface area contributed by atoms with Crippen molar-refractivity contribution < 1.29 is 29.1 Å². The van der Waals surface area contributed by atoms with Crippen molar-refractivity contribution >= 4 is 53.1 Å². The number of rotatable bonds is 11. The smallest absolute Gasteiger partial charge is 0.326 e. The number of aliphatic carboxylic acids is 1. The number of thiol groups is 1. The standard InChI is InChI=1S/C23H30N6O6S/c24-14(11-36)20(31)27-16(9-19(25)30)21(32)28-17(22(33)29-7-3-6-18(29)23(34)35)8-12-10-26-15-5-2-1-4-13(12)15/h1-2,4-5,10,14,16-18,26,36H,3,6-9,11,24H2,(H2,25,30)(H,27,31)(H,28,32)(H,34,35). The zero-order valence-corrected chi connectivity index (χ0v) is 20.4. The molecule has 12 nitrogen and oxygen atoms in total. The molecule has 2 aromatic rings. The molecule has 1 aliphatic rings. The number of nitrogens with zero attached hydrogens (tertiary/aromatic N) is 1. The molecule has 4 amide bonds. The van der Waals surface area contributed by atoms with Crippen LogP contribution in [-0.2, 0) is 30.4 Å². The fourth-order valence-corrected chi connectivity index (χ4v) is 4.42. The number of aromatic amines is 1. The Kier molecular flexibility index (Phi) is 8.93. The molecule has 0 saturated carbocycles. The lowest BCUT2D eigenvalue weighted by atomic mass is 10.0. The van der Waals surface area contributed by atoms with Crippen molar-refractivity contribution in [3.63, 3.8) is 0 Å². The molecule has 0 radical (unpaired) electrons. The van der Waals surface area contributed by atoms with E-state index in [4.69, 9.17) is 11.5 Å². The second-order valence-corrected chi connectivity index (χ2v) is 9.04. The van der Waals surface area contributed by atoms with E-state index >= 15 is 0 Å². The molecule has 0 aliphatic carbocycles. The van der Waals surface area contributed by atoms with Crippen molar-refractivity contribution in [2.24, 2.45) is 11.5 Å². The Morgan fingerprint density at radius 3 is 2.50 bits per heavy atom. The quantitative estimate of drug-likeness (QED) is 0.183. The number of hydrogen-bond donors (Lipinski definition) is 7. The van der Waals surface area contributed by atoms with E-state index < -0.39 is 60.2 Å². The summed E-state index contributed by atoms with van der Waals surface area (Å²) in [6.45, 7) is 0.230. The van der Waals surface area contributed by atoms with Gasteiger partial charge in [0.1, 0.15) is 18.1 Å². The fraction of sp³-hybridized carbons (Fsp3) is 0.435. The van der Waals surface area contributed by atoms with Crippen molar-refractivity contribution in [2.45, 2.75) is 49.9 Å². The summed E-state index contributed by atoms with van der Waals surface area (Å²) in [5.74, 6) is -4.08. The Morgan fingerprint density at radius 1 is 1.14 bits per heavy atom. The number of para-hydroxylation sites is 1. The maximum atomic E-state index is 13.5. The highest BCUT2D eigenvalue weighted by molar-refractivity contribution is 7.80. The van der Waals surface area contributed by atoms with Crippen molar-refractivity contribution in [2.75, 3.05) is 12.3 Å². The highest BCUT2D eigenvalue weighted by atomic mass is 32.1. The first-order valence-corrected chi connectivity index (χ1v) is 12.1. The zero-order chi connectivity index (χ0) is 26.4. The van der Waals surface area contributed by atoms with Gasteiger partial charge >= 0.3 is 5.97 Å². The lowest BCUT2D eigenvalue weighted by Crippen LogP contribution is -2.58. The lowest BCUT2D eigenvalue weighted by Gasteiger charge is -2.28. The third-order valence-corrected chi connectivity index (χ3v) is 6.50. The van der Waals surface area contributed by atoms with Crippen LogP contribution in [0, 0.1) is 0 Å². The number of carbonyl (C=O) groups excluding carboxylic acids is 4. The van der Waals surface area contributed by atoms with Gasteiger partial charge in [-0.3, -0.25) is 19.2 Å². The third kappa shape index (κ3) is 6.34. The summed E-state index contributed by atoms with van der Waals surface area (Å²) in [6.07, 6.45) is 2.05. The van der Waals surface area contributed by atoms with Gasteiger partial charge in [-0.05, 0) is 24.5 Å². The van der Waals surface area contributed by atoms with Gasteiger partial charge in [-0.15, -0.1) is 0 Å². The molecule has 1 aliphatic heterocycles. The average molecular weight is 519 g/mol. The molecular weight excluding hydrogens is 488 g/mol. The summed E-state index contributed by atoms with van der Waals surface area (Å²) in [7, 11) is 0. The van der Waals surface area contributed by atoms with E-state index in [1.807, 2.05) is 24.3 Å². The van der Waals surface area contributed by atoms with Gasteiger partial charge in [0, 0.05) is 35.8 Å². The van der Waals surface area contributed by atoms with Gasteiger partial charge in [0.15, 0.2) is 0 Å². The summed E-state index contributed by atoms with van der Waals surface area (Å²) in [4.78, 5) is 66.6. The van der Waals surface area contributed by atoms with Gasteiger partial charge in [-0.1, -0.05) is 18.2 Å².